The summed E-state index contributed by atoms with van der Waals surface area (Å²) >= 11 is 1.81. The molecule has 1 aliphatic rings. The predicted molar refractivity (Wildman–Crippen MR) is 77.1 cm³/mol. The number of ether oxygens (including phenoxy) is 1. The third-order valence-corrected chi connectivity index (χ3v) is 5.14. The lowest BCUT2D eigenvalue weighted by Gasteiger charge is -2.40. The van der Waals surface area contributed by atoms with E-state index in [0.717, 1.165) is 12.8 Å². The van der Waals surface area contributed by atoms with Crippen LogP contribution in [0.3, 0.4) is 0 Å². The second kappa shape index (κ2) is 5.74. The molecule has 0 radical (unpaired) electrons. The van der Waals surface area contributed by atoms with Gasteiger partial charge in [0.2, 0.25) is 0 Å². The highest BCUT2D eigenvalue weighted by Crippen LogP contribution is 2.42. The van der Waals surface area contributed by atoms with E-state index in [1.165, 1.54) is 19.6 Å². The Bertz CT molecular complexity index is 466. The van der Waals surface area contributed by atoms with Gasteiger partial charge in [-0.2, -0.15) is 11.8 Å². The molecule has 0 atom stereocenters. The van der Waals surface area contributed by atoms with Crippen LogP contribution in [0.5, 0.6) is 11.5 Å². The summed E-state index contributed by atoms with van der Waals surface area (Å²) in [7, 11) is 1.53. The quantitative estimate of drug-likeness (QED) is 0.870. The molecule has 1 amide bonds. The third-order valence-electron chi connectivity index (χ3n) is 3.72. The zero-order valence-electron chi connectivity index (χ0n) is 11.2. The number of hydrogen-bond acceptors (Lipinski definition) is 4. The molecule has 0 spiro atoms. The minimum atomic E-state index is -0.253. The molecule has 2 rings (SSSR count). The number of phenols is 1. The number of rotatable bonds is 5. The fourth-order valence-electron chi connectivity index (χ4n) is 2.18. The van der Waals surface area contributed by atoms with Gasteiger partial charge in [-0.15, -0.1) is 0 Å². The van der Waals surface area contributed by atoms with Crippen LogP contribution < -0.4 is 10.1 Å². The van der Waals surface area contributed by atoms with Crippen LogP contribution in [-0.4, -0.2) is 35.7 Å². The molecule has 0 heterocycles. The molecule has 0 aromatic heterocycles. The molecule has 4 nitrogen and oxygen atoms in total. The summed E-state index contributed by atoms with van der Waals surface area (Å²) in [4.78, 5) is 12.1. The molecular formula is C14H19NO3S. The number of phenolic OH excluding ortho intramolecular Hbond substituents is 1. The third kappa shape index (κ3) is 2.97. The Labute approximate surface area is 117 Å². The molecule has 1 fully saturated rings. The van der Waals surface area contributed by atoms with E-state index in [-0.39, 0.29) is 22.0 Å². The Morgan fingerprint density at radius 2 is 2.26 bits per heavy atom. The minimum Gasteiger partial charge on any atom is -0.507 e. The largest absolute Gasteiger partial charge is 0.507 e. The lowest BCUT2D eigenvalue weighted by molar-refractivity contribution is 0.0941. The van der Waals surface area contributed by atoms with Gasteiger partial charge in [0, 0.05) is 11.3 Å². The zero-order chi connectivity index (χ0) is 13.9. The van der Waals surface area contributed by atoms with Crippen LogP contribution in [0, 0.1) is 0 Å². The average molecular weight is 281 g/mol. The Morgan fingerprint density at radius 3 is 2.79 bits per heavy atom. The van der Waals surface area contributed by atoms with E-state index in [9.17, 15) is 9.90 Å². The van der Waals surface area contributed by atoms with Gasteiger partial charge in [0.1, 0.15) is 11.5 Å². The summed E-state index contributed by atoms with van der Waals surface area (Å²) in [6, 6.07) is 4.65. The molecule has 1 saturated carbocycles. The predicted octanol–water partition coefficient (Wildman–Crippen LogP) is 2.42. The molecule has 0 aliphatic heterocycles. The van der Waals surface area contributed by atoms with Crippen molar-refractivity contribution in [2.45, 2.75) is 24.0 Å². The van der Waals surface area contributed by atoms with E-state index in [2.05, 4.69) is 11.6 Å². The van der Waals surface area contributed by atoms with Crippen molar-refractivity contribution < 1.29 is 14.6 Å². The van der Waals surface area contributed by atoms with Crippen LogP contribution in [0.4, 0.5) is 0 Å². The maximum absolute atomic E-state index is 12.1. The zero-order valence-corrected chi connectivity index (χ0v) is 12.0. The highest BCUT2D eigenvalue weighted by Gasteiger charge is 2.36. The number of aromatic hydroxyl groups is 1. The van der Waals surface area contributed by atoms with E-state index >= 15 is 0 Å². The van der Waals surface area contributed by atoms with Gasteiger partial charge in [0.05, 0.1) is 12.7 Å². The van der Waals surface area contributed by atoms with E-state index in [0.29, 0.717) is 12.3 Å². The first kappa shape index (κ1) is 14.1. The van der Waals surface area contributed by atoms with Crippen LogP contribution in [0.1, 0.15) is 29.6 Å². The molecule has 0 saturated heterocycles. The Balaban J connectivity index is 2.03. The molecule has 5 heteroatoms. The van der Waals surface area contributed by atoms with E-state index in [4.69, 9.17) is 4.74 Å². The van der Waals surface area contributed by atoms with Crippen molar-refractivity contribution >= 4 is 17.7 Å². The van der Waals surface area contributed by atoms with Crippen molar-refractivity contribution in [2.24, 2.45) is 0 Å². The van der Waals surface area contributed by atoms with Crippen LogP contribution in [0.15, 0.2) is 18.2 Å². The number of benzene rings is 1. The van der Waals surface area contributed by atoms with Gasteiger partial charge in [-0.25, -0.2) is 0 Å². The van der Waals surface area contributed by atoms with E-state index in [1.807, 2.05) is 0 Å². The summed E-state index contributed by atoms with van der Waals surface area (Å²) in [5.74, 6) is 0.285. The number of carbonyl (C=O) groups is 1. The fourth-order valence-corrected chi connectivity index (χ4v) is 3.10. The molecule has 1 aromatic rings. The highest BCUT2D eigenvalue weighted by atomic mass is 32.2. The van der Waals surface area contributed by atoms with Crippen molar-refractivity contribution in [3.8, 4) is 11.5 Å². The Morgan fingerprint density at radius 1 is 1.53 bits per heavy atom. The molecule has 0 unspecified atom stereocenters. The van der Waals surface area contributed by atoms with Gasteiger partial charge in [-0.3, -0.25) is 4.79 Å². The average Bonchev–Trinajstić information content (AvgIpc) is 2.38. The van der Waals surface area contributed by atoms with Crippen molar-refractivity contribution in [1.29, 1.82) is 0 Å². The van der Waals surface area contributed by atoms with Gasteiger partial charge in [0.25, 0.3) is 5.91 Å². The molecule has 0 bridgehead atoms. The number of thioether (sulfide) groups is 1. The second-order valence-corrected chi connectivity index (χ2v) is 6.08. The summed E-state index contributed by atoms with van der Waals surface area (Å²) in [5.41, 5.74) is 0.259. The standard InChI is InChI=1S/C14H19NO3S/c1-18-10-4-5-12(16)11(8-10)13(17)15-9-14(19-2)6-3-7-14/h4-5,8,16H,3,6-7,9H2,1-2H3,(H,15,17). The topological polar surface area (TPSA) is 58.6 Å². The van der Waals surface area contributed by atoms with Gasteiger partial charge >= 0.3 is 0 Å². The smallest absolute Gasteiger partial charge is 0.255 e. The van der Waals surface area contributed by atoms with Crippen molar-refractivity contribution in [3.05, 3.63) is 23.8 Å². The maximum Gasteiger partial charge on any atom is 0.255 e. The normalized spacial score (nSPS) is 16.5. The summed E-state index contributed by atoms with van der Waals surface area (Å²) in [6.45, 7) is 0.643. The van der Waals surface area contributed by atoms with Gasteiger partial charge in [-0.05, 0) is 37.3 Å². The van der Waals surface area contributed by atoms with Crippen molar-refractivity contribution in [3.63, 3.8) is 0 Å². The Hall–Kier alpha value is -1.36. The van der Waals surface area contributed by atoms with Crippen LogP contribution in [0.25, 0.3) is 0 Å². The first-order valence-corrected chi connectivity index (χ1v) is 7.53. The maximum atomic E-state index is 12.1. The molecule has 19 heavy (non-hydrogen) atoms. The summed E-state index contributed by atoms with van der Waals surface area (Å²) in [6.07, 6.45) is 5.58. The molecule has 1 aromatic carbocycles. The lowest BCUT2D eigenvalue weighted by atomic mass is 9.84. The first-order valence-electron chi connectivity index (χ1n) is 6.30. The highest BCUT2D eigenvalue weighted by molar-refractivity contribution is 8.00. The Kier molecular flexibility index (Phi) is 4.24. The molecule has 104 valence electrons. The lowest BCUT2D eigenvalue weighted by Crippen LogP contribution is -2.45. The van der Waals surface area contributed by atoms with Gasteiger partial charge < -0.3 is 15.2 Å². The van der Waals surface area contributed by atoms with E-state index in [1.54, 1.807) is 23.9 Å². The SMILES string of the molecule is COc1ccc(O)c(C(=O)NCC2(SC)CCC2)c1. The van der Waals surface area contributed by atoms with Crippen LogP contribution >= 0.6 is 11.8 Å². The van der Waals surface area contributed by atoms with Crippen LogP contribution in [-0.2, 0) is 0 Å². The minimum absolute atomic E-state index is 0.0230. The van der Waals surface area contributed by atoms with Gasteiger partial charge in [-0.1, -0.05) is 6.42 Å². The molecular weight excluding hydrogens is 262 g/mol. The van der Waals surface area contributed by atoms with Crippen molar-refractivity contribution in [2.75, 3.05) is 19.9 Å². The summed E-state index contributed by atoms with van der Waals surface area (Å²) < 4.78 is 5.25. The number of hydrogen-bond donors (Lipinski definition) is 2. The second-order valence-electron chi connectivity index (χ2n) is 4.81. The number of nitrogens with one attached hydrogen (secondary N) is 1. The summed E-state index contributed by atoms with van der Waals surface area (Å²) in [5, 5.41) is 12.6. The van der Waals surface area contributed by atoms with Crippen molar-refractivity contribution in [1.82, 2.24) is 5.32 Å². The number of methoxy groups -OCH3 is 1. The number of carbonyl (C=O) groups excluding carboxylic acids is 1. The van der Waals surface area contributed by atoms with Gasteiger partial charge in [0.15, 0.2) is 0 Å². The van der Waals surface area contributed by atoms with Crippen LogP contribution in [0.2, 0.25) is 0 Å². The molecule has 1 aliphatic carbocycles. The molecule has 2 N–H and O–H groups in total. The monoisotopic (exact) mass is 281 g/mol. The number of amides is 1. The van der Waals surface area contributed by atoms with E-state index < -0.39 is 0 Å². The fraction of sp³-hybridized carbons (Fsp3) is 0.500. The first-order chi connectivity index (χ1) is 9.10.